The van der Waals surface area contributed by atoms with Crippen molar-refractivity contribution in [1.29, 1.82) is 0 Å². The van der Waals surface area contributed by atoms with Gasteiger partial charge in [-0.25, -0.2) is 0 Å². The Morgan fingerprint density at radius 3 is 1.07 bits per heavy atom. The van der Waals surface area contributed by atoms with Crippen molar-refractivity contribution < 1.29 is 24.5 Å². The van der Waals surface area contributed by atoms with E-state index in [1.807, 2.05) is 6.08 Å². The second-order valence-electron chi connectivity index (χ2n) is 20.7. The number of hydrogen-bond donors (Lipinski definition) is 3. The number of carbonyl (C=O) groups is 2. The van der Waals surface area contributed by atoms with E-state index in [-0.39, 0.29) is 18.5 Å². The summed E-state index contributed by atoms with van der Waals surface area (Å²) in [5.41, 5.74) is 0. The molecule has 0 spiro atoms. The number of rotatable bonds is 56. The molecule has 2 atom stereocenters. The molecule has 1 amide bonds. The molecule has 0 aromatic carbocycles. The maximum absolute atomic E-state index is 12.5. The number of ether oxygens (including phenoxy) is 1. The van der Waals surface area contributed by atoms with E-state index in [1.54, 1.807) is 6.08 Å². The van der Waals surface area contributed by atoms with E-state index in [0.29, 0.717) is 19.4 Å². The first-order valence-electron chi connectivity index (χ1n) is 30.1. The van der Waals surface area contributed by atoms with Gasteiger partial charge in [0.25, 0.3) is 0 Å². The Morgan fingerprint density at radius 2 is 0.701 bits per heavy atom. The van der Waals surface area contributed by atoms with Crippen LogP contribution in [0.1, 0.15) is 328 Å². The molecular formula is C61H117NO5. The van der Waals surface area contributed by atoms with Crippen molar-refractivity contribution in [2.75, 3.05) is 13.2 Å². The zero-order chi connectivity index (χ0) is 48.6. The van der Waals surface area contributed by atoms with Gasteiger partial charge in [0, 0.05) is 12.8 Å². The average Bonchev–Trinajstić information content (AvgIpc) is 3.33. The normalized spacial score (nSPS) is 12.7. The van der Waals surface area contributed by atoms with Gasteiger partial charge in [0.1, 0.15) is 0 Å². The van der Waals surface area contributed by atoms with Crippen molar-refractivity contribution in [1.82, 2.24) is 5.32 Å². The standard InChI is InChI=1S/C61H117NO5/c1-3-5-7-9-11-13-15-17-19-20-21-22-23-24-25-27-29-33-37-41-45-49-53-59(64)58(57-63)62-60(65)54-50-46-42-38-34-30-28-32-36-40-44-48-52-56-67-61(66)55-51-47-43-39-35-31-26-18-16-14-12-10-8-6-4-2/h30,34,49,53,58-59,63-64H,3-29,31-33,35-48,50-52,54-57H2,1-2H3,(H,62,65)/b34-30-,53-49+. The van der Waals surface area contributed by atoms with Gasteiger partial charge in [0.05, 0.1) is 25.4 Å². The first-order valence-corrected chi connectivity index (χ1v) is 30.1. The number of unbranched alkanes of at least 4 members (excludes halogenated alkanes) is 43. The van der Waals surface area contributed by atoms with Crippen molar-refractivity contribution in [3.8, 4) is 0 Å². The third-order valence-electron chi connectivity index (χ3n) is 14.0. The molecule has 0 aliphatic rings. The Bertz CT molecular complexity index is 1040. The van der Waals surface area contributed by atoms with Crippen LogP contribution < -0.4 is 5.32 Å². The molecule has 0 aliphatic carbocycles. The van der Waals surface area contributed by atoms with Crippen molar-refractivity contribution in [2.45, 2.75) is 341 Å². The van der Waals surface area contributed by atoms with Gasteiger partial charge in [-0.3, -0.25) is 9.59 Å². The first-order chi connectivity index (χ1) is 33.0. The van der Waals surface area contributed by atoms with Crippen LogP contribution in [0, 0.1) is 0 Å². The summed E-state index contributed by atoms with van der Waals surface area (Å²) < 4.78 is 5.47. The van der Waals surface area contributed by atoms with E-state index in [4.69, 9.17) is 4.74 Å². The van der Waals surface area contributed by atoms with Crippen LogP contribution in [0.25, 0.3) is 0 Å². The van der Waals surface area contributed by atoms with Crippen LogP contribution in [-0.4, -0.2) is 47.4 Å². The number of amides is 1. The molecule has 6 heteroatoms. The van der Waals surface area contributed by atoms with E-state index in [1.165, 1.54) is 231 Å². The van der Waals surface area contributed by atoms with Gasteiger partial charge >= 0.3 is 5.97 Å². The zero-order valence-corrected chi connectivity index (χ0v) is 45.1. The Labute approximate surface area is 418 Å². The lowest BCUT2D eigenvalue weighted by molar-refractivity contribution is -0.143. The van der Waals surface area contributed by atoms with Gasteiger partial charge in [-0.15, -0.1) is 0 Å². The Morgan fingerprint density at radius 1 is 0.403 bits per heavy atom. The monoisotopic (exact) mass is 944 g/mol. The molecule has 2 unspecified atom stereocenters. The molecule has 3 N–H and O–H groups in total. The molecule has 0 heterocycles. The third-order valence-corrected chi connectivity index (χ3v) is 14.0. The van der Waals surface area contributed by atoms with Crippen molar-refractivity contribution in [3.63, 3.8) is 0 Å². The molecule has 0 bridgehead atoms. The average molecular weight is 945 g/mol. The second kappa shape index (κ2) is 56.9. The quantitative estimate of drug-likeness (QED) is 0.0321. The van der Waals surface area contributed by atoms with E-state index < -0.39 is 12.1 Å². The number of allylic oxidation sites excluding steroid dienone is 3. The highest BCUT2D eigenvalue weighted by molar-refractivity contribution is 5.76. The van der Waals surface area contributed by atoms with E-state index in [2.05, 4.69) is 31.3 Å². The van der Waals surface area contributed by atoms with Crippen LogP contribution >= 0.6 is 0 Å². The minimum absolute atomic E-state index is 0.0105. The molecule has 0 radical (unpaired) electrons. The van der Waals surface area contributed by atoms with Gasteiger partial charge < -0.3 is 20.3 Å². The molecule has 0 fully saturated rings. The predicted octanol–water partition coefficient (Wildman–Crippen LogP) is 18.6. The molecule has 0 aromatic rings. The maximum atomic E-state index is 12.5. The SMILES string of the molecule is CCCCCCCCCCCCCCCCCCCCCC/C=C/C(O)C(CO)NC(=O)CCCCC/C=C\CCCCCCCCOC(=O)CCCCCCCCCCCCCCCCC. The minimum atomic E-state index is -0.862. The highest BCUT2D eigenvalue weighted by Crippen LogP contribution is 2.17. The summed E-state index contributed by atoms with van der Waals surface area (Å²) in [6, 6.07) is -0.649. The lowest BCUT2D eigenvalue weighted by Gasteiger charge is -2.19. The Hall–Kier alpha value is -1.66. The van der Waals surface area contributed by atoms with Gasteiger partial charge in [-0.2, -0.15) is 0 Å². The Balaban J connectivity index is 3.51. The van der Waals surface area contributed by atoms with Crippen LogP contribution in [-0.2, 0) is 14.3 Å². The topological polar surface area (TPSA) is 95.9 Å². The lowest BCUT2D eigenvalue weighted by atomic mass is 10.0. The molecule has 396 valence electrons. The van der Waals surface area contributed by atoms with Crippen LogP contribution in [0.5, 0.6) is 0 Å². The summed E-state index contributed by atoms with van der Waals surface area (Å²) in [6.07, 6.45) is 69.2. The molecule has 67 heavy (non-hydrogen) atoms. The highest BCUT2D eigenvalue weighted by Gasteiger charge is 2.18. The molecular weight excluding hydrogens is 827 g/mol. The summed E-state index contributed by atoms with van der Waals surface area (Å²) in [6.45, 7) is 4.89. The van der Waals surface area contributed by atoms with Crippen LogP contribution in [0.4, 0.5) is 0 Å². The van der Waals surface area contributed by atoms with Crippen molar-refractivity contribution >= 4 is 11.9 Å². The number of nitrogens with one attached hydrogen (secondary N) is 1. The third kappa shape index (κ3) is 53.5. The summed E-state index contributed by atoms with van der Waals surface area (Å²) >= 11 is 0. The molecule has 0 rings (SSSR count). The number of aliphatic hydroxyl groups is 2. The minimum Gasteiger partial charge on any atom is -0.466 e. The number of aliphatic hydroxyl groups excluding tert-OH is 2. The number of carbonyl (C=O) groups excluding carboxylic acids is 2. The van der Waals surface area contributed by atoms with Crippen LogP contribution in [0.15, 0.2) is 24.3 Å². The fraction of sp³-hybridized carbons (Fsp3) is 0.902. The maximum Gasteiger partial charge on any atom is 0.305 e. The van der Waals surface area contributed by atoms with Crippen LogP contribution in [0.2, 0.25) is 0 Å². The fourth-order valence-electron chi connectivity index (χ4n) is 9.34. The summed E-state index contributed by atoms with van der Waals surface area (Å²) in [7, 11) is 0. The lowest BCUT2D eigenvalue weighted by Crippen LogP contribution is -2.45. The van der Waals surface area contributed by atoms with Gasteiger partial charge in [-0.1, -0.05) is 282 Å². The van der Waals surface area contributed by atoms with E-state index >= 15 is 0 Å². The second-order valence-corrected chi connectivity index (χ2v) is 20.7. The van der Waals surface area contributed by atoms with Crippen LogP contribution in [0.3, 0.4) is 0 Å². The summed E-state index contributed by atoms with van der Waals surface area (Å²) in [5, 5.41) is 23.2. The smallest absolute Gasteiger partial charge is 0.305 e. The van der Waals surface area contributed by atoms with E-state index in [0.717, 1.165) is 70.6 Å². The van der Waals surface area contributed by atoms with Crippen molar-refractivity contribution in [3.05, 3.63) is 24.3 Å². The summed E-state index contributed by atoms with van der Waals surface area (Å²) in [4.78, 5) is 24.5. The number of hydrogen-bond acceptors (Lipinski definition) is 5. The largest absolute Gasteiger partial charge is 0.466 e. The Kier molecular flexibility index (Phi) is 55.5. The fourth-order valence-corrected chi connectivity index (χ4v) is 9.34. The predicted molar refractivity (Wildman–Crippen MR) is 292 cm³/mol. The molecule has 6 nitrogen and oxygen atoms in total. The molecule has 0 aromatic heterocycles. The van der Waals surface area contributed by atoms with Crippen molar-refractivity contribution in [2.24, 2.45) is 0 Å². The molecule has 0 aliphatic heterocycles. The molecule has 0 saturated carbocycles. The molecule has 0 saturated heterocycles. The summed E-state index contributed by atoms with van der Waals surface area (Å²) in [5.74, 6) is -0.105. The highest BCUT2D eigenvalue weighted by atomic mass is 16.5. The first kappa shape index (κ1) is 65.3. The number of esters is 1. The van der Waals surface area contributed by atoms with Gasteiger partial charge in [-0.05, 0) is 57.8 Å². The van der Waals surface area contributed by atoms with Gasteiger partial charge in [0.15, 0.2) is 0 Å². The van der Waals surface area contributed by atoms with Gasteiger partial charge in [0.2, 0.25) is 5.91 Å². The van der Waals surface area contributed by atoms with E-state index in [9.17, 15) is 19.8 Å². The zero-order valence-electron chi connectivity index (χ0n) is 45.1.